The number of benzene rings is 1. The van der Waals surface area contributed by atoms with Gasteiger partial charge >= 0.3 is 0 Å². The van der Waals surface area contributed by atoms with Crippen molar-refractivity contribution in [2.45, 2.75) is 20.4 Å². The number of carbonyl (C=O) groups is 1. The van der Waals surface area contributed by atoms with Crippen LogP contribution in [0.5, 0.6) is 5.75 Å². The minimum Gasteiger partial charge on any atom is -0.497 e. The maximum atomic E-state index is 12.6. The van der Waals surface area contributed by atoms with E-state index in [1.165, 1.54) is 0 Å². The fourth-order valence-corrected chi connectivity index (χ4v) is 3.59. The topological polar surface area (TPSA) is 104 Å². The third kappa shape index (κ3) is 4.10. The average Bonchev–Trinajstić information content (AvgIpc) is 3.32. The number of rotatable bonds is 7. The lowest BCUT2D eigenvalue weighted by Crippen LogP contribution is -2.14. The lowest BCUT2D eigenvalue weighted by atomic mass is 9.97. The first kappa shape index (κ1) is 20.5. The van der Waals surface area contributed by atoms with E-state index in [9.17, 15) is 4.79 Å². The van der Waals surface area contributed by atoms with E-state index in [2.05, 4.69) is 37.7 Å². The molecule has 0 aliphatic carbocycles. The van der Waals surface area contributed by atoms with Crippen LogP contribution in [-0.4, -0.2) is 40.2 Å². The van der Waals surface area contributed by atoms with Crippen molar-refractivity contribution < 1.29 is 9.53 Å². The van der Waals surface area contributed by atoms with E-state index in [0.717, 1.165) is 40.4 Å². The van der Waals surface area contributed by atoms with Gasteiger partial charge in [0.25, 0.3) is 5.91 Å². The molecule has 0 unspecified atom stereocenters. The summed E-state index contributed by atoms with van der Waals surface area (Å²) in [7, 11) is 1.65. The number of carbonyl (C=O) groups excluding carboxylic acids is 1. The van der Waals surface area contributed by atoms with Crippen molar-refractivity contribution in [1.82, 2.24) is 25.7 Å². The summed E-state index contributed by atoms with van der Waals surface area (Å²) in [4.78, 5) is 24.4. The first-order valence-corrected chi connectivity index (χ1v) is 10.1. The molecule has 8 nitrogen and oxygen atoms in total. The van der Waals surface area contributed by atoms with Gasteiger partial charge in [-0.3, -0.25) is 14.8 Å². The summed E-state index contributed by atoms with van der Waals surface area (Å²) in [6.07, 6.45) is 6.58. The largest absolute Gasteiger partial charge is 0.497 e. The molecule has 0 bridgehead atoms. The molecule has 0 saturated heterocycles. The highest BCUT2D eigenvalue weighted by Crippen LogP contribution is 2.33. The Morgan fingerprint density at radius 3 is 2.68 bits per heavy atom. The second kappa shape index (κ2) is 8.93. The van der Waals surface area contributed by atoms with E-state index in [0.29, 0.717) is 23.5 Å². The van der Waals surface area contributed by atoms with Gasteiger partial charge in [0.05, 0.1) is 18.9 Å². The number of hydrazone groups is 1. The predicted molar refractivity (Wildman–Crippen MR) is 120 cm³/mol. The van der Waals surface area contributed by atoms with Crippen molar-refractivity contribution in [1.29, 1.82) is 0 Å². The molecule has 3 aromatic rings. The summed E-state index contributed by atoms with van der Waals surface area (Å²) in [5.41, 5.74) is 9.06. The van der Waals surface area contributed by atoms with Crippen molar-refractivity contribution in [3.8, 4) is 16.9 Å². The van der Waals surface area contributed by atoms with Crippen molar-refractivity contribution in [3.05, 3.63) is 71.1 Å². The van der Waals surface area contributed by atoms with Gasteiger partial charge in [-0.05, 0) is 42.8 Å². The van der Waals surface area contributed by atoms with Crippen LogP contribution in [0, 0.1) is 6.92 Å². The van der Waals surface area contributed by atoms with Gasteiger partial charge in [0.1, 0.15) is 17.2 Å². The number of hydrogen-bond acceptors (Lipinski definition) is 6. The van der Waals surface area contributed by atoms with Gasteiger partial charge in [-0.1, -0.05) is 19.1 Å². The highest BCUT2D eigenvalue weighted by Gasteiger charge is 2.26. The molecule has 3 heterocycles. The molecule has 1 aromatic carbocycles. The summed E-state index contributed by atoms with van der Waals surface area (Å²) in [5, 5.41) is 7.57. The molecule has 0 atom stereocenters. The Labute approximate surface area is 180 Å². The standard InChI is InChI=1S/C23H24N6O2/c1-4-24-12-18-14(2)27-19(21(18)15-5-7-16(31-3)8-6-15)11-17-22(28-29-23(17)30)20-13-25-9-10-26-20/h5-11,13,24,27H,4,12H2,1-3H3,(H,29,30). The molecule has 31 heavy (non-hydrogen) atoms. The molecule has 0 saturated carbocycles. The summed E-state index contributed by atoms with van der Waals surface area (Å²) in [6.45, 7) is 5.67. The van der Waals surface area contributed by atoms with Crippen molar-refractivity contribution in [2.75, 3.05) is 13.7 Å². The molecule has 1 aliphatic heterocycles. The summed E-state index contributed by atoms with van der Waals surface area (Å²) in [6, 6.07) is 7.90. The lowest BCUT2D eigenvalue weighted by Gasteiger charge is -2.09. The SMILES string of the molecule is CCNCc1c(C)[nH]c(C=C2C(=O)NN=C2c2cnccn2)c1-c1ccc(OC)cc1. The molecule has 1 amide bonds. The fraction of sp³-hybridized carbons (Fsp3) is 0.217. The van der Waals surface area contributed by atoms with Crippen LogP contribution in [0.25, 0.3) is 17.2 Å². The van der Waals surface area contributed by atoms with Crippen LogP contribution in [-0.2, 0) is 11.3 Å². The quantitative estimate of drug-likeness (QED) is 0.514. The van der Waals surface area contributed by atoms with Crippen LogP contribution in [0.15, 0.2) is 53.5 Å². The number of nitrogens with zero attached hydrogens (tertiary/aromatic N) is 3. The second-order valence-corrected chi connectivity index (χ2v) is 7.08. The minimum atomic E-state index is -0.276. The van der Waals surface area contributed by atoms with Crippen LogP contribution in [0.1, 0.15) is 29.6 Å². The number of aryl methyl sites for hydroxylation is 1. The number of aromatic amines is 1. The lowest BCUT2D eigenvalue weighted by molar-refractivity contribution is -0.116. The molecule has 8 heteroatoms. The van der Waals surface area contributed by atoms with E-state index < -0.39 is 0 Å². The van der Waals surface area contributed by atoms with Gasteiger partial charge < -0.3 is 15.0 Å². The fourth-order valence-electron chi connectivity index (χ4n) is 3.59. The zero-order chi connectivity index (χ0) is 21.8. The van der Waals surface area contributed by atoms with E-state index in [-0.39, 0.29) is 5.91 Å². The van der Waals surface area contributed by atoms with Gasteiger partial charge in [0, 0.05) is 35.9 Å². The van der Waals surface area contributed by atoms with E-state index in [1.54, 1.807) is 25.7 Å². The zero-order valence-corrected chi connectivity index (χ0v) is 17.7. The Morgan fingerprint density at radius 2 is 2.00 bits per heavy atom. The van der Waals surface area contributed by atoms with Gasteiger partial charge in [-0.25, -0.2) is 5.43 Å². The monoisotopic (exact) mass is 416 g/mol. The minimum absolute atomic E-state index is 0.276. The van der Waals surface area contributed by atoms with E-state index in [4.69, 9.17) is 4.74 Å². The van der Waals surface area contributed by atoms with Crippen LogP contribution >= 0.6 is 0 Å². The molecular weight excluding hydrogens is 392 g/mol. The number of ether oxygens (including phenoxy) is 1. The molecule has 0 fully saturated rings. The average molecular weight is 416 g/mol. The second-order valence-electron chi connectivity index (χ2n) is 7.08. The number of hydrogen-bond donors (Lipinski definition) is 3. The Hall–Kier alpha value is -3.78. The van der Waals surface area contributed by atoms with Crippen molar-refractivity contribution in [3.63, 3.8) is 0 Å². The summed E-state index contributed by atoms with van der Waals surface area (Å²) < 4.78 is 5.31. The highest BCUT2D eigenvalue weighted by molar-refractivity contribution is 6.32. The summed E-state index contributed by atoms with van der Waals surface area (Å²) in [5.74, 6) is 0.512. The molecule has 4 rings (SSSR count). The van der Waals surface area contributed by atoms with Crippen LogP contribution < -0.4 is 15.5 Å². The summed E-state index contributed by atoms with van der Waals surface area (Å²) >= 11 is 0. The highest BCUT2D eigenvalue weighted by atomic mass is 16.5. The third-order valence-corrected chi connectivity index (χ3v) is 5.14. The van der Waals surface area contributed by atoms with Gasteiger partial charge in [0.2, 0.25) is 0 Å². The predicted octanol–water partition coefficient (Wildman–Crippen LogP) is 2.82. The molecule has 158 valence electrons. The first-order valence-electron chi connectivity index (χ1n) is 10.1. The van der Waals surface area contributed by atoms with Crippen molar-refractivity contribution in [2.24, 2.45) is 5.10 Å². The normalized spacial score (nSPS) is 14.6. The van der Waals surface area contributed by atoms with E-state index >= 15 is 0 Å². The number of methoxy groups -OCH3 is 1. The van der Waals surface area contributed by atoms with Crippen LogP contribution in [0.2, 0.25) is 0 Å². The number of H-pyrrole nitrogens is 1. The molecule has 3 N–H and O–H groups in total. The van der Waals surface area contributed by atoms with Gasteiger partial charge in [-0.2, -0.15) is 5.10 Å². The van der Waals surface area contributed by atoms with Gasteiger partial charge in [-0.15, -0.1) is 0 Å². The smallest absolute Gasteiger partial charge is 0.273 e. The maximum absolute atomic E-state index is 12.6. The molecule has 0 spiro atoms. The Bertz CT molecular complexity index is 1150. The van der Waals surface area contributed by atoms with Crippen LogP contribution in [0.3, 0.4) is 0 Å². The molecule has 1 aliphatic rings. The maximum Gasteiger partial charge on any atom is 0.273 e. The van der Waals surface area contributed by atoms with Gasteiger partial charge in [0.15, 0.2) is 0 Å². The molecule has 0 radical (unpaired) electrons. The molecular formula is C23H24N6O2. The number of aromatic nitrogens is 3. The number of amides is 1. The third-order valence-electron chi connectivity index (χ3n) is 5.14. The van der Waals surface area contributed by atoms with E-state index in [1.807, 2.05) is 37.3 Å². The number of nitrogens with one attached hydrogen (secondary N) is 3. The Kier molecular flexibility index (Phi) is 5.90. The van der Waals surface area contributed by atoms with Crippen LogP contribution in [0.4, 0.5) is 0 Å². The zero-order valence-electron chi connectivity index (χ0n) is 17.7. The Morgan fingerprint density at radius 1 is 1.19 bits per heavy atom. The van der Waals surface area contributed by atoms with Crippen molar-refractivity contribution >= 4 is 17.7 Å². The Balaban J connectivity index is 1.84. The molecule has 2 aromatic heterocycles. The first-order chi connectivity index (χ1) is 15.1.